The van der Waals surface area contributed by atoms with Crippen LogP contribution < -0.4 is 5.32 Å². The standard InChI is InChI=1S/C15H17N3/c1-11(14-7-4-5-9-17-14)12(2)18-15-8-6-10-16-13(15)3/h4-10,18H,1-3H3/b12-11+. The lowest BCUT2D eigenvalue weighted by atomic mass is 10.1. The second-order valence-electron chi connectivity index (χ2n) is 4.23. The third kappa shape index (κ3) is 2.74. The van der Waals surface area contributed by atoms with Crippen molar-refractivity contribution in [2.45, 2.75) is 20.8 Å². The Bertz CT molecular complexity index is 559. The summed E-state index contributed by atoms with van der Waals surface area (Å²) in [6, 6.07) is 9.88. The van der Waals surface area contributed by atoms with Gasteiger partial charge in [-0.25, -0.2) is 0 Å². The molecule has 0 amide bonds. The SMILES string of the molecule is C/C(Nc1cccnc1C)=C(/C)c1ccccn1. The van der Waals surface area contributed by atoms with Crippen LogP contribution in [0.3, 0.4) is 0 Å². The van der Waals surface area contributed by atoms with Crippen molar-refractivity contribution in [2.75, 3.05) is 5.32 Å². The van der Waals surface area contributed by atoms with Gasteiger partial charge >= 0.3 is 0 Å². The zero-order valence-electron chi connectivity index (χ0n) is 10.9. The molecule has 0 aromatic carbocycles. The van der Waals surface area contributed by atoms with Crippen molar-refractivity contribution in [1.82, 2.24) is 9.97 Å². The highest BCUT2D eigenvalue weighted by Gasteiger charge is 2.03. The largest absolute Gasteiger partial charge is 0.357 e. The summed E-state index contributed by atoms with van der Waals surface area (Å²) in [5.74, 6) is 0. The maximum atomic E-state index is 4.35. The Labute approximate surface area is 108 Å². The molecule has 0 spiro atoms. The molecule has 2 aromatic heterocycles. The average molecular weight is 239 g/mol. The first-order chi connectivity index (χ1) is 8.68. The van der Waals surface area contributed by atoms with Gasteiger partial charge in [-0.3, -0.25) is 9.97 Å². The number of anilines is 1. The average Bonchev–Trinajstić information content (AvgIpc) is 2.41. The molecule has 1 N–H and O–H groups in total. The van der Waals surface area contributed by atoms with E-state index in [0.29, 0.717) is 0 Å². The Morgan fingerprint density at radius 1 is 1.00 bits per heavy atom. The molecule has 92 valence electrons. The Kier molecular flexibility index (Phi) is 3.72. The number of aryl methyl sites for hydroxylation is 1. The topological polar surface area (TPSA) is 37.8 Å². The minimum atomic E-state index is 0.990. The summed E-state index contributed by atoms with van der Waals surface area (Å²) in [5.41, 5.74) is 5.24. The Morgan fingerprint density at radius 2 is 1.78 bits per heavy atom. The zero-order chi connectivity index (χ0) is 13.0. The molecule has 3 heteroatoms. The number of hydrogen-bond acceptors (Lipinski definition) is 3. The first-order valence-electron chi connectivity index (χ1n) is 5.96. The zero-order valence-corrected chi connectivity index (χ0v) is 10.9. The number of rotatable bonds is 3. The minimum Gasteiger partial charge on any atom is -0.357 e. The van der Waals surface area contributed by atoms with Crippen LogP contribution in [0.2, 0.25) is 0 Å². The lowest BCUT2D eigenvalue weighted by Gasteiger charge is -2.12. The molecule has 2 rings (SSSR count). The van der Waals surface area contributed by atoms with E-state index in [0.717, 1.165) is 28.3 Å². The van der Waals surface area contributed by atoms with Gasteiger partial charge in [-0.15, -0.1) is 0 Å². The van der Waals surface area contributed by atoms with E-state index in [9.17, 15) is 0 Å². The van der Waals surface area contributed by atoms with Crippen molar-refractivity contribution in [3.8, 4) is 0 Å². The van der Waals surface area contributed by atoms with Crippen LogP contribution in [0.4, 0.5) is 5.69 Å². The molecule has 0 radical (unpaired) electrons. The molecule has 2 heterocycles. The number of pyridine rings is 2. The highest BCUT2D eigenvalue weighted by Crippen LogP contribution is 2.19. The van der Waals surface area contributed by atoms with Gasteiger partial charge in [0.15, 0.2) is 0 Å². The molecule has 18 heavy (non-hydrogen) atoms. The highest BCUT2D eigenvalue weighted by molar-refractivity contribution is 5.68. The molecular formula is C15H17N3. The van der Waals surface area contributed by atoms with Crippen LogP contribution in [0.5, 0.6) is 0 Å². The molecule has 0 aliphatic carbocycles. The van der Waals surface area contributed by atoms with Gasteiger partial charge in [-0.05, 0) is 50.6 Å². The molecule has 0 unspecified atom stereocenters. The fourth-order valence-electron chi connectivity index (χ4n) is 1.69. The summed E-state index contributed by atoms with van der Waals surface area (Å²) in [5, 5.41) is 3.39. The molecule has 3 nitrogen and oxygen atoms in total. The van der Waals surface area contributed by atoms with Gasteiger partial charge in [-0.2, -0.15) is 0 Å². The van der Waals surface area contributed by atoms with Crippen molar-refractivity contribution >= 4 is 11.3 Å². The van der Waals surface area contributed by atoms with E-state index in [1.54, 1.807) is 12.4 Å². The van der Waals surface area contributed by atoms with Crippen LogP contribution in [0.15, 0.2) is 48.4 Å². The summed E-state index contributed by atoms with van der Waals surface area (Å²) in [7, 11) is 0. The van der Waals surface area contributed by atoms with E-state index in [-0.39, 0.29) is 0 Å². The molecule has 0 saturated carbocycles. The molecular weight excluding hydrogens is 222 g/mol. The van der Waals surface area contributed by atoms with Crippen molar-refractivity contribution < 1.29 is 0 Å². The number of hydrogen-bond donors (Lipinski definition) is 1. The predicted molar refractivity (Wildman–Crippen MR) is 75.1 cm³/mol. The normalized spacial score (nSPS) is 11.9. The van der Waals surface area contributed by atoms with Crippen molar-refractivity contribution in [1.29, 1.82) is 0 Å². The third-order valence-electron chi connectivity index (χ3n) is 2.94. The molecule has 2 aromatic rings. The van der Waals surface area contributed by atoms with Gasteiger partial charge in [0.25, 0.3) is 0 Å². The molecule has 0 saturated heterocycles. The molecule has 0 bridgehead atoms. The number of allylic oxidation sites excluding steroid dienone is 2. The maximum Gasteiger partial charge on any atom is 0.0675 e. The first kappa shape index (κ1) is 12.3. The van der Waals surface area contributed by atoms with Crippen LogP contribution in [0.1, 0.15) is 25.2 Å². The summed E-state index contributed by atoms with van der Waals surface area (Å²) in [6.45, 7) is 6.11. The minimum absolute atomic E-state index is 0.990. The highest BCUT2D eigenvalue weighted by atomic mass is 14.9. The summed E-state index contributed by atoms with van der Waals surface area (Å²) in [6.07, 6.45) is 3.60. The van der Waals surface area contributed by atoms with Gasteiger partial charge in [0.05, 0.1) is 17.1 Å². The second kappa shape index (κ2) is 5.45. The van der Waals surface area contributed by atoms with Gasteiger partial charge < -0.3 is 5.32 Å². The number of aromatic nitrogens is 2. The fraction of sp³-hybridized carbons (Fsp3) is 0.200. The van der Waals surface area contributed by atoms with Crippen molar-refractivity contribution in [2.24, 2.45) is 0 Å². The molecule has 0 atom stereocenters. The van der Waals surface area contributed by atoms with Crippen molar-refractivity contribution in [3.63, 3.8) is 0 Å². The lowest BCUT2D eigenvalue weighted by Crippen LogP contribution is -2.01. The molecule has 0 aliphatic rings. The van der Waals surface area contributed by atoms with Crippen LogP contribution in [0.25, 0.3) is 5.57 Å². The van der Waals surface area contributed by atoms with Gasteiger partial charge in [-0.1, -0.05) is 6.07 Å². The molecule has 0 fully saturated rings. The van der Waals surface area contributed by atoms with E-state index in [1.165, 1.54) is 0 Å². The van der Waals surface area contributed by atoms with Crippen molar-refractivity contribution in [3.05, 3.63) is 59.8 Å². The van der Waals surface area contributed by atoms with Crippen LogP contribution in [0, 0.1) is 6.92 Å². The number of nitrogens with zero attached hydrogens (tertiary/aromatic N) is 2. The monoisotopic (exact) mass is 239 g/mol. The number of nitrogens with one attached hydrogen (secondary N) is 1. The summed E-state index contributed by atoms with van der Waals surface area (Å²) < 4.78 is 0. The van der Waals surface area contributed by atoms with E-state index in [2.05, 4.69) is 29.1 Å². The molecule has 0 aliphatic heterocycles. The summed E-state index contributed by atoms with van der Waals surface area (Å²) >= 11 is 0. The van der Waals surface area contributed by atoms with E-state index in [1.807, 2.05) is 37.3 Å². The van der Waals surface area contributed by atoms with Crippen LogP contribution in [-0.2, 0) is 0 Å². The third-order valence-corrected chi connectivity index (χ3v) is 2.94. The quantitative estimate of drug-likeness (QED) is 0.888. The lowest BCUT2D eigenvalue weighted by molar-refractivity contribution is 1.18. The Morgan fingerprint density at radius 3 is 2.44 bits per heavy atom. The van der Waals surface area contributed by atoms with Gasteiger partial charge in [0.2, 0.25) is 0 Å². The Balaban J connectivity index is 2.27. The smallest absolute Gasteiger partial charge is 0.0675 e. The second-order valence-corrected chi connectivity index (χ2v) is 4.23. The van der Waals surface area contributed by atoms with E-state index in [4.69, 9.17) is 0 Å². The predicted octanol–water partition coefficient (Wildman–Crippen LogP) is 3.65. The fourth-order valence-corrected chi connectivity index (χ4v) is 1.69. The van der Waals surface area contributed by atoms with Gasteiger partial charge in [0.1, 0.15) is 0 Å². The Hall–Kier alpha value is -2.16. The van der Waals surface area contributed by atoms with Gasteiger partial charge in [0, 0.05) is 18.1 Å². The maximum absolute atomic E-state index is 4.35. The van der Waals surface area contributed by atoms with Crippen LogP contribution in [-0.4, -0.2) is 9.97 Å². The van der Waals surface area contributed by atoms with E-state index < -0.39 is 0 Å². The summed E-state index contributed by atoms with van der Waals surface area (Å²) in [4.78, 5) is 8.61. The van der Waals surface area contributed by atoms with E-state index >= 15 is 0 Å². The first-order valence-corrected chi connectivity index (χ1v) is 5.96. The van der Waals surface area contributed by atoms with Crippen LogP contribution >= 0.6 is 0 Å².